The van der Waals surface area contributed by atoms with Crippen LogP contribution in [-0.2, 0) is 5.41 Å². The lowest BCUT2D eigenvalue weighted by molar-refractivity contribution is 0.436. The minimum absolute atomic E-state index is 0.626. The smallest absolute Gasteiger partial charge is 0.132 e. The molecule has 0 saturated carbocycles. The van der Waals surface area contributed by atoms with Gasteiger partial charge in [-0.15, -0.1) is 0 Å². The van der Waals surface area contributed by atoms with Gasteiger partial charge in [0.05, 0.1) is 73.4 Å². The zero-order valence-electron chi connectivity index (χ0n) is 39.0. The van der Waals surface area contributed by atoms with Crippen molar-refractivity contribution >= 4 is 65.4 Å². The number of hydrogen-bond donors (Lipinski definition) is 0. The van der Waals surface area contributed by atoms with Crippen molar-refractivity contribution in [2.45, 2.75) is 5.41 Å². The van der Waals surface area contributed by atoms with Gasteiger partial charge in [0.25, 0.3) is 0 Å². The quantitative estimate of drug-likeness (QED) is 0.176. The monoisotopic (exact) mass is 930 g/mol. The van der Waals surface area contributed by atoms with Gasteiger partial charge in [-0.3, -0.25) is 9.97 Å². The molecule has 14 aromatic rings. The molecule has 0 fully saturated rings. The van der Waals surface area contributed by atoms with Crippen molar-refractivity contribution in [3.63, 3.8) is 0 Å². The number of pyridine rings is 2. The Kier molecular flexibility index (Phi) is 8.04. The lowest BCUT2D eigenvalue weighted by Crippen LogP contribution is -2.32. The number of ether oxygens (including phenoxy) is 1. The molecule has 0 N–H and O–H groups in total. The maximum absolute atomic E-state index is 9.91. The van der Waals surface area contributed by atoms with E-state index in [1.54, 1.807) is 0 Å². The molecule has 5 aromatic heterocycles. The summed E-state index contributed by atoms with van der Waals surface area (Å²) in [6, 6.07) is 80.2. The summed E-state index contributed by atoms with van der Waals surface area (Å²) in [6.07, 6.45) is 3.83. The van der Waals surface area contributed by atoms with Crippen molar-refractivity contribution in [2.24, 2.45) is 0 Å². The van der Waals surface area contributed by atoms with E-state index in [9.17, 15) is 5.26 Å². The molecule has 7 nitrogen and oxygen atoms in total. The third-order valence-electron chi connectivity index (χ3n) is 15.6. The van der Waals surface area contributed by atoms with Crippen LogP contribution in [0, 0.1) is 11.3 Å². The Morgan fingerprint density at radius 1 is 0.370 bits per heavy atom. The van der Waals surface area contributed by atoms with Crippen molar-refractivity contribution in [3.05, 3.63) is 259 Å². The van der Waals surface area contributed by atoms with Crippen LogP contribution < -0.4 is 4.74 Å². The van der Waals surface area contributed by atoms with Crippen LogP contribution in [0.1, 0.15) is 27.8 Å². The van der Waals surface area contributed by atoms with Gasteiger partial charge >= 0.3 is 0 Å². The molecule has 7 heteroatoms. The van der Waals surface area contributed by atoms with Crippen LogP contribution in [0.25, 0.3) is 105 Å². The molecule has 1 atom stereocenters. The zero-order chi connectivity index (χ0) is 47.9. The molecule has 6 heterocycles. The van der Waals surface area contributed by atoms with Crippen LogP contribution in [-0.4, -0.2) is 23.7 Å². The Morgan fingerprint density at radius 3 is 1.52 bits per heavy atom. The second-order valence-electron chi connectivity index (χ2n) is 19.2. The first-order valence-corrected chi connectivity index (χ1v) is 24.6. The molecular formula is C66H38N6O. The summed E-state index contributed by atoms with van der Waals surface area (Å²) < 4.78 is 13.9. The highest BCUT2D eigenvalue weighted by atomic mass is 16.5. The number of rotatable bonds is 4. The summed E-state index contributed by atoms with van der Waals surface area (Å²) in [5.41, 5.74) is 17.7. The van der Waals surface area contributed by atoms with E-state index in [2.05, 4.69) is 214 Å². The van der Waals surface area contributed by atoms with Crippen LogP contribution in [0.5, 0.6) is 11.5 Å². The summed E-state index contributed by atoms with van der Waals surface area (Å²) in [5, 5.41) is 16.9. The van der Waals surface area contributed by atoms with Crippen molar-refractivity contribution in [1.82, 2.24) is 23.7 Å². The van der Waals surface area contributed by atoms with Gasteiger partial charge in [-0.2, -0.15) is 5.26 Å². The lowest BCUT2D eigenvalue weighted by atomic mass is 9.66. The molecule has 0 amide bonds. The average Bonchev–Trinajstić information content (AvgIpc) is 4.17. The van der Waals surface area contributed by atoms with Gasteiger partial charge in [0.15, 0.2) is 0 Å². The van der Waals surface area contributed by atoms with E-state index in [1.165, 1.54) is 32.6 Å². The highest BCUT2D eigenvalue weighted by molar-refractivity contribution is 6.12. The van der Waals surface area contributed by atoms with Gasteiger partial charge in [0.2, 0.25) is 0 Å². The number of benzene rings is 9. The third-order valence-corrected chi connectivity index (χ3v) is 15.6. The number of aromatic nitrogens is 5. The molecule has 2 aliphatic rings. The van der Waals surface area contributed by atoms with Crippen molar-refractivity contribution < 1.29 is 4.74 Å². The molecule has 9 aromatic carbocycles. The van der Waals surface area contributed by atoms with Crippen LogP contribution in [0.4, 0.5) is 0 Å². The van der Waals surface area contributed by atoms with Gasteiger partial charge in [0, 0.05) is 66.6 Å². The Morgan fingerprint density at radius 2 is 0.863 bits per heavy atom. The summed E-state index contributed by atoms with van der Waals surface area (Å²) in [7, 11) is 0. The van der Waals surface area contributed by atoms with Gasteiger partial charge in [-0.25, -0.2) is 0 Å². The van der Waals surface area contributed by atoms with E-state index in [1.807, 2.05) is 36.7 Å². The lowest BCUT2D eigenvalue weighted by Gasteiger charge is -2.39. The molecular weight excluding hydrogens is 893 g/mol. The summed E-state index contributed by atoms with van der Waals surface area (Å²) in [6.45, 7) is 0. The topological polar surface area (TPSA) is 73.6 Å². The molecule has 1 unspecified atom stereocenters. The molecule has 73 heavy (non-hydrogen) atoms. The molecule has 1 aliphatic carbocycles. The van der Waals surface area contributed by atoms with Crippen molar-refractivity contribution in [2.75, 3.05) is 0 Å². The van der Waals surface area contributed by atoms with Crippen molar-refractivity contribution in [3.8, 4) is 57.1 Å². The van der Waals surface area contributed by atoms with Crippen LogP contribution in [0.15, 0.2) is 231 Å². The Labute approximate surface area is 418 Å². The standard InChI is InChI=1S/C66H38N6O/c67-38-40-23-30-60-50(34-40)48-14-3-9-21-59(48)72(60)45-37-55-65(69-39-45)64-53(17-11-33-68-64)66(55)52-16-5-10-22-62(52)73-63-32-25-42(36-54(63)66)41-24-31-61-51(35-41)49-15-4-8-20-58(49)71(61)44-28-26-43(27-29-44)70-56-18-6-1-12-46(56)47-13-2-7-19-57(47)70/h1-37,39H. The summed E-state index contributed by atoms with van der Waals surface area (Å²) >= 11 is 0. The van der Waals surface area contributed by atoms with E-state index in [0.717, 1.165) is 106 Å². The van der Waals surface area contributed by atoms with Gasteiger partial charge in [-0.1, -0.05) is 109 Å². The Hall–Kier alpha value is -10.0. The molecule has 0 bridgehead atoms. The van der Waals surface area contributed by atoms with E-state index in [4.69, 9.17) is 14.7 Å². The first-order chi connectivity index (χ1) is 36.2. The molecule has 0 radical (unpaired) electrons. The number of nitrogens with zero attached hydrogens (tertiary/aromatic N) is 6. The number of hydrogen-bond acceptors (Lipinski definition) is 4. The summed E-state index contributed by atoms with van der Waals surface area (Å²) in [4.78, 5) is 10.4. The molecule has 338 valence electrons. The minimum Gasteiger partial charge on any atom is -0.457 e. The van der Waals surface area contributed by atoms with Crippen LogP contribution in [0.3, 0.4) is 0 Å². The predicted molar refractivity (Wildman–Crippen MR) is 293 cm³/mol. The number of nitriles is 1. The fourth-order valence-corrected chi connectivity index (χ4v) is 12.6. The SMILES string of the molecule is N#Cc1ccc2c(c1)c1ccccc1n2-c1cnc2c(c1)C1(c3ccccc3Oc3ccc(-c4ccc5c(c4)c4ccccc4n5-c4ccc(-n5c6ccccc6c6ccccc65)cc4)cc31)c1cccnc1-2. The highest BCUT2D eigenvalue weighted by Crippen LogP contribution is 2.62. The highest BCUT2D eigenvalue weighted by Gasteiger charge is 2.52. The maximum atomic E-state index is 9.91. The average molecular weight is 931 g/mol. The second kappa shape index (κ2) is 14.8. The first-order valence-electron chi connectivity index (χ1n) is 24.6. The Bertz CT molecular complexity index is 4690. The third kappa shape index (κ3) is 5.36. The number of para-hydroxylation sites is 5. The Balaban J connectivity index is 0.871. The predicted octanol–water partition coefficient (Wildman–Crippen LogP) is 15.8. The van der Waals surface area contributed by atoms with Gasteiger partial charge in [0.1, 0.15) is 11.5 Å². The molecule has 1 aliphatic heterocycles. The van der Waals surface area contributed by atoms with E-state index in [0.29, 0.717) is 5.56 Å². The van der Waals surface area contributed by atoms with E-state index < -0.39 is 5.41 Å². The summed E-state index contributed by atoms with van der Waals surface area (Å²) in [5.74, 6) is 1.59. The first kappa shape index (κ1) is 39.8. The number of fused-ring (bicyclic) bond motifs is 18. The van der Waals surface area contributed by atoms with Gasteiger partial charge in [-0.05, 0) is 126 Å². The largest absolute Gasteiger partial charge is 0.457 e. The normalized spacial score (nSPS) is 14.5. The van der Waals surface area contributed by atoms with E-state index in [-0.39, 0.29) is 0 Å². The molecule has 16 rings (SSSR count). The minimum atomic E-state index is -0.819. The fraction of sp³-hybridized carbons (Fsp3) is 0.0152. The van der Waals surface area contributed by atoms with Crippen molar-refractivity contribution in [1.29, 1.82) is 5.26 Å². The second-order valence-corrected chi connectivity index (χ2v) is 19.2. The van der Waals surface area contributed by atoms with Gasteiger partial charge < -0.3 is 18.4 Å². The van der Waals surface area contributed by atoms with E-state index >= 15 is 0 Å². The van der Waals surface area contributed by atoms with Crippen LogP contribution >= 0.6 is 0 Å². The fourth-order valence-electron chi connectivity index (χ4n) is 12.6. The zero-order valence-corrected chi connectivity index (χ0v) is 39.0. The maximum Gasteiger partial charge on any atom is 0.132 e. The molecule has 1 spiro atoms. The van der Waals surface area contributed by atoms with Crippen LogP contribution in [0.2, 0.25) is 0 Å². The molecule has 0 saturated heterocycles.